The van der Waals surface area contributed by atoms with Crippen LogP contribution >= 0.6 is 0 Å². The molecule has 0 fully saturated rings. The molecule has 3 nitrogen and oxygen atoms in total. The molecule has 0 spiro atoms. The lowest BCUT2D eigenvalue weighted by molar-refractivity contribution is 0.550. The number of aromatic nitrogens is 1. The van der Waals surface area contributed by atoms with Gasteiger partial charge in [-0.2, -0.15) is 0 Å². The van der Waals surface area contributed by atoms with Gasteiger partial charge in [0.15, 0.2) is 0 Å². The molecule has 0 saturated carbocycles. The van der Waals surface area contributed by atoms with Gasteiger partial charge < -0.3 is 0 Å². The Kier molecular flexibility index (Phi) is 3.81. The summed E-state index contributed by atoms with van der Waals surface area (Å²) < 4.78 is 0. The third kappa shape index (κ3) is 2.74. The standard InChI is InChI=1S/C17H21N3/c1-12-5-7-16(11-19-12)17(20-18)10-13-6-8-14-3-2-4-15(14)9-13/h5-9,11,17,20H,2-4,10,18H2,1H3. The van der Waals surface area contributed by atoms with Gasteiger partial charge in [0.1, 0.15) is 0 Å². The topological polar surface area (TPSA) is 50.9 Å². The molecule has 3 heteroatoms. The summed E-state index contributed by atoms with van der Waals surface area (Å²) in [4.78, 5) is 4.35. The Hall–Kier alpha value is -1.71. The molecule has 0 radical (unpaired) electrons. The number of hydrazine groups is 1. The first-order valence-electron chi connectivity index (χ1n) is 7.25. The van der Waals surface area contributed by atoms with E-state index >= 15 is 0 Å². The molecule has 1 aliphatic carbocycles. The molecule has 1 aromatic heterocycles. The van der Waals surface area contributed by atoms with Gasteiger partial charge in [-0.15, -0.1) is 0 Å². The largest absolute Gasteiger partial charge is 0.271 e. The summed E-state index contributed by atoms with van der Waals surface area (Å²) in [5.74, 6) is 5.73. The van der Waals surface area contributed by atoms with Gasteiger partial charge in [-0.25, -0.2) is 0 Å². The highest BCUT2D eigenvalue weighted by Gasteiger charge is 2.14. The Balaban J connectivity index is 1.79. The third-order valence-corrected chi connectivity index (χ3v) is 4.14. The lowest BCUT2D eigenvalue weighted by atomic mass is 9.98. The summed E-state index contributed by atoms with van der Waals surface area (Å²) in [6.45, 7) is 2.00. The van der Waals surface area contributed by atoms with Gasteiger partial charge in [0.2, 0.25) is 0 Å². The van der Waals surface area contributed by atoms with Crippen molar-refractivity contribution in [3.05, 3.63) is 64.5 Å². The Morgan fingerprint density at radius 3 is 2.80 bits per heavy atom. The zero-order chi connectivity index (χ0) is 13.9. The fourth-order valence-electron chi connectivity index (χ4n) is 2.95. The number of benzene rings is 1. The molecule has 1 heterocycles. The summed E-state index contributed by atoms with van der Waals surface area (Å²) >= 11 is 0. The summed E-state index contributed by atoms with van der Waals surface area (Å²) in [6.07, 6.45) is 6.55. The van der Waals surface area contributed by atoms with Crippen LogP contribution in [0.25, 0.3) is 0 Å². The van der Waals surface area contributed by atoms with E-state index < -0.39 is 0 Å². The highest BCUT2D eigenvalue weighted by Crippen LogP contribution is 2.25. The van der Waals surface area contributed by atoms with Crippen LogP contribution in [0.2, 0.25) is 0 Å². The highest BCUT2D eigenvalue weighted by atomic mass is 15.2. The molecule has 0 saturated heterocycles. The molecule has 1 aliphatic rings. The van der Waals surface area contributed by atoms with Crippen LogP contribution in [-0.2, 0) is 19.3 Å². The number of fused-ring (bicyclic) bond motifs is 1. The van der Waals surface area contributed by atoms with Gasteiger partial charge in [-0.3, -0.25) is 16.3 Å². The SMILES string of the molecule is Cc1ccc(C(Cc2ccc3c(c2)CCC3)NN)cn1. The predicted molar refractivity (Wildman–Crippen MR) is 81.2 cm³/mol. The second-order valence-electron chi connectivity index (χ2n) is 5.61. The molecule has 1 unspecified atom stereocenters. The average Bonchev–Trinajstić information content (AvgIpc) is 2.93. The molecule has 1 aromatic carbocycles. The van der Waals surface area contributed by atoms with Gasteiger partial charge in [0, 0.05) is 11.9 Å². The fraction of sp³-hybridized carbons (Fsp3) is 0.353. The maximum Gasteiger partial charge on any atom is 0.0515 e. The van der Waals surface area contributed by atoms with Gasteiger partial charge in [-0.1, -0.05) is 24.3 Å². The summed E-state index contributed by atoms with van der Waals surface area (Å²) in [5.41, 5.74) is 9.45. The lowest BCUT2D eigenvalue weighted by Crippen LogP contribution is -2.29. The van der Waals surface area contributed by atoms with Crippen molar-refractivity contribution >= 4 is 0 Å². The minimum absolute atomic E-state index is 0.113. The van der Waals surface area contributed by atoms with Crippen molar-refractivity contribution in [3.63, 3.8) is 0 Å². The molecular formula is C17H21N3. The number of nitrogens with one attached hydrogen (secondary N) is 1. The fourth-order valence-corrected chi connectivity index (χ4v) is 2.95. The second-order valence-corrected chi connectivity index (χ2v) is 5.61. The van der Waals surface area contributed by atoms with E-state index in [4.69, 9.17) is 5.84 Å². The van der Waals surface area contributed by atoms with Gasteiger partial charge in [0.05, 0.1) is 6.04 Å². The van der Waals surface area contributed by atoms with E-state index in [1.54, 1.807) is 0 Å². The molecule has 0 amide bonds. The summed E-state index contributed by atoms with van der Waals surface area (Å²) in [5, 5.41) is 0. The van der Waals surface area contributed by atoms with Crippen molar-refractivity contribution in [2.45, 2.75) is 38.6 Å². The van der Waals surface area contributed by atoms with Crippen LogP contribution in [-0.4, -0.2) is 4.98 Å². The molecule has 2 aromatic rings. The monoisotopic (exact) mass is 267 g/mol. The number of rotatable bonds is 4. The van der Waals surface area contributed by atoms with Crippen LogP contribution in [0.1, 0.15) is 40.4 Å². The first-order chi connectivity index (χ1) is 9.76. The average molecular weight is 267 g/mol. The van der Waals surface area contributed by atoms with E-state index in [1.807, 2.05) is 19.2 Å². The Morgan fingerprint density at radius 1 is 1.20 bits per heavy atom. The summed E-state index contributed by atoms with van der Waals surface area (Å²) in [6, 6.07) is 11.1. The molecule has 104 valence electrons. The predicted octanol–water partition coefficient (Wildman–Crippen LogP) is 2.63. The first kappa shape index (κ1) is 13.3. The van der Waals surface area contributed by atoms with Crippen molar-refractivity contribution in [1.82, 2.24) is 10.4 Å². The number of hydrogen-bond donors (Lipinski definition) is 2. The Bertz CT molecular complexity index is 590. The van der Waals surface area contributed by atoms with E-state index in [0.29, 0.717) is 0 Å². The van der Waals surface area contributed by atoms with Crippen molar-refractivity contribution in [2.75, 3.05) is 0 Å². The van der Waals surface area contributed by atoms with Crippen LogP contribution in [0.4, 0.5) is 0 Å². The van der Waals surface area contributed by atoms with Crippen LogP contribution in [0.5, 0.6) is 0 Å². The van der Waals surface area contributed by atoms with Crippen molar-refractivity contribution in [3.8, 4) is 0 Å². The number of aryl methyl sites for hydroxylation is 3. The zero-order valence-corrected chi connectivity index (χ0v) is 11.9. The highest BCUT2D eigenvalue weighted by molar-refractivity contribution is 5.36. The van der Waals surface area contributed by atoms with Crippen LogP contribution in [0.15, 0.2) is 36.5 Å². The zero-order valence-electron chi connectivity index (χ0n) is 11.9. The van der Waals surface area contributed by atoms with Crippen molar-refractivity contribution < 1.29 is 0 Å². The molecular weight excluding hydrogens is 246 g/mol. The van der Waals surface area contributed by atoms with Gasteiger partial charge in [-0.05, 0) is 60.9 Å². The molecule has 3 N–H and O–H groups in total. The molecule has 20 heavy (non-hydrogen) atoms. The van der Waals surface area contributed by atoms with E-state index in [-0.39, 0.29) is 6.04 Å². The Morgan fingerprint density at radius 2 is 2.05 bits per heavy atom. The minimum Gasteiger partial charge on any atom is -0.271 e. The number of nitrogens with two attached hydrogens (primary N) is 1. The van der Waals surface area contributed by atoms with Crippen molar-refractivity contribution in [1.29, 1.82) is 0 Å². The maximum absolute atomic E-state index is 5.73. The first-order valence-corrected chi connectivity index (χ1v) is 7.25. The van der Waals surface area contributed by atoms with E-state index in [2.05, 4.69) is 34.7 Å². The normalized spacial score (nSPS) is 15.1. The third-order valence-electron chi connectivity index (χ3n) is 4.14. The molecule has 0 aliphatic heterocycles. The van der Waals surface area contributed by atoms with E-state index in [9.17, 15) is 0 Å². The van der Waals surface area contributed by atoms with Crippen LogP contribution in [0, 0.1) is 6.92 Å². The van der Waals surface area contributed by atoms with Gasteiger partial charge >= 0.3 is 0 Å². The molecule has 0 bridgehead atoms. The van der Waals surface area contributed by atoms with Crippen molar-refractivity contribution in [2.24, 2.45) is 5.84 Å². The van der Waals surface area contributed by atoms with E-state index in [0.717, 1.165) is 17.7 Å². The number of hydrogen-bond acceptors (Lipinski definition) is 3. The number of nitrogens with zero attached hydrogens (tertiary/aromatic N) is 1. The molecule has 3 rings (SSSR count). The Labute approximate surface area is 120 Å². The number of pyridine rings is 1. The van der Waals surface area contributed by atoms with E-state index in [1.165, 1.54) is 36.0 Å². The smallest absolute Gasteiger partial charge is 0.0515 e. The lowest BCUT2D eigenvalue weighted by Gasteiger charge is -2.17. The van der Waals surface area contributed by atoms with Gasteiger partial charge in [0.25, 0.3) is 0 Å². The van der Waals surface area contributed by atoms with Crippen LogP contribution in [0.3, 0.4) is 0 Å². The van der Waals surface area contributed by atoms with Crippen LogP contribution < -0.4 is 11.3 Å². The maximum atomic E-state index is 5.73. The second kappa shape index (κ2) is 5.73. The quantitative estimate of drug-likeness (QED) is 0.661. The minimum atomic E-state index is 0.113. The molecule has 1 atom stereocenters. The summed E-state index contributed by atoms with van der Waals surface area (Å²) in [7, 11) is 0.